The molecule has 0 spiro atoms. The molecular weight excluding hydrogens is 480 g/mol. The highest BCUT2D eigenvalue weighted by molar-refractivity contribution is 8.18. The van der Waals surface area contributed by atoms with Crippen LogP contribution in [0.4, 0.5) is 0 Å². The molecule has 1 aromatic carbocycles. The summed E-state index contributed by atoms with van der Waals surface area (Å²) in [5.41, 5.74) is 1.17. The maximum atomic E-state index is 12.1. The molecule has 1 fully saturated rings. The topological polar surface area (TPSA) is 87.0 Å². The smallest absolute Gasteiger partial charge is 0.308 e. The van der Waals surface area contributed by atoms with Crippen molar-refractivity contribution in [2.75, 3.05) is 18.1 Å². The molecule has 0 amide bonds. The Labute approximate surface area is 220 Å². The van der Waals surface area contributed by atoms with Crippen LogP contribution in [0.5, 0.6) is 5.75 Å². The normalized spacial score (nSPS) is 17.1. The molecule has 0 aliphatic carbocycles. The van der Waals surface area contributed by atoms with Crippen LogP contribution in [-0.4, -0.2) is 55.7 Å². The van der Waals surface area contributed by atoms with Crippen molar-refractivity contribution in [2.24, 2.45) is 0 Å². The number of benzene rings is 1. The van der Waals surface area contributed by atoms with E-state index in [1.54, 1.807) is 12.1 Å². The van der Waals surface area contributed by atoms with Crippen LogP contribution in [0.15, 0.2) is 24.3 Å². The average Bonchev–Trinajstić information content (AvgIpc) is 2.83. The van der Waals surface area contributed by atoms with Crippen molar-refractivity contribution in [2.45, 2.75) is 113 Å². The Bertz CT molecular complexity index is 691. The quantitative estimate of drug-likeness (QED) is 0.149. The molecule has 0 bridgehead atoms. The Morgan fingerprint density at radius 1 is 0.971 bits per heavy atom. The summed E-state index contributed by atoms with van der Waals surface area (Å²) in [5.74, 6) is 2.04. The number of aryl methyl sites for hydroxylation is 1. The van der Waals surface area contributed by atoms with Crippen LogP contribution in [0.1, 0.15) is 96.0 Å². The Hall–Kier alpha value is -0.890. The van der Waals surface area contributed by atoms with Gasteiger partial charge in [0.15, 0.2) is 0 Å². The van der Waals surface area contributed by atoms with E-state index in [1.807, 2.05) is 35.7 Å². The fourth-order valence-corrected chi connectivity index (χ4v) is 7.94. The standard InChI is InChI=1S/C28H46O5S2/c1-2-3-4-5-6-7-8-9-17-33-27(32)21-25(30)20-26(31)22-28(34-18-10-19-35-28)16-15-23-11-13-24(29)14-12-23/h11-14,25-26,29-31H,2-10,15-22H2,1H3/t25-,26+/m1/s1. The van der Waals surface area contributed by atoms with Crippen LogP contribution < -0.4 is 0 Å². The summed E-state index contributed by atoms with van der Waals surface area (Å²) in [5, 5.41) is 30.7. The minimum atomic E-state index is -0.885. The zero-order valence-electron chi connectivity index (χ0n) is 21.5. The number of esters is 1. The number of hydrogen-bond donors (Lipinski definition) is 3. The molecule has 5 nitrogen and oxygen atoms in total. The highest BCUT2D eigenvalue weighted by Crippen LogP contribution is 2.49. The number of phenols is 1. The van der Waals surface area contributed by atoms with E-state index in [0.29, 0.717) is 13.0 Å². The zero-order chi connectivity index (χ0) is 25.4. The molecule has 1 aliphatic heterocycles. The number of carbonyl (C=O) groups is 1. The molecule has 3 N–H and O–H groups in total. The van der Waals surface area contributed by atoms with E-state index in [1.165, 1.54) is 50.5 Å². The Morgan fingerprint density at radius 3 is 2.26 bits per heavy atom. The van der Waals surface area contributed by atoms with Crippen LogP contribution in [0.25, 0.3) is 0 Å². The molecule has 1 aromatic rings. The largest absolute Gasteiger partial charge is 0.508 e. The summed E-state index contributed by atoms with van der Waals surface area (Å²) >= 11 is 3.81. The third-order valence-corrected chi connectivity index (χ3v) is 9.99. The summed E-state index contributed by atoms with van der Waals surface area (Å²) in [4.78, 5) is 12.1. The number of unbranched alkanes of at least 4 members (excludes halogenated alkanes) is 7. The first-order chi connectivity index (χ1) is 16.9. The number of aliphatic hydroxyl groups excluding tert-OH is 2. The van der Waals surface area contributed by atoms with Gasteiger partial charge in [-0.3, -0.25) is 4.79 Å². The van der Waals surface area contributed by atoms with Crippen molar-refractivity contribution in [3.63, 3.8) is 0 Å². The first kappa shape index (κ1) is 30.3. The Morgan fingerprint density at radius 2 is 1.60 bits per heavy atom. The minimum absolute atomic E-state index is 0.0606. The Kier molecular flexibility index (Phi) is 15.2. The van der Waals surface area contributed by atoms with Gasteiger partial charge < -0.3 is 20.1 Å². The summed E-state index contributed by atoms with van der Waals surface area (Å²) < 4.78 is 5.21. The van der Waals surface area contributed by atoms with Crippen molar-refractivity contribution in [3.05, 3.63) is 29.8 Å². The lowest BCUT2D eigenvalue weighted by atomic mass is 10.0. The van der Waals surface area contributed by atoms with Crippen molar-refractivity contribution >= 4 is 29.5 Å². The third-order valence-electron chi connectivity index (χ3n) is 6.50. The molecule has 0 unspecified atom stereocenters. The zero-order valence-corrected chi connectivity index (χ0v) is 23.1. The van der Waals surface area contributed by atoms with Gasteiger partial charge >= 0.3 is 5.97 Å². The first-order valence-corrected chi connectivity index (χ1v) is 15.5. The van der Waals surface area contributed by atoms with Gasteiger partial charge in [0.05, 0.1) is 29.3 Å². The molecule has 35 heavy (non-hydrogen) atoms. The second-order valence-electron chi connectivity index (χ2n) is 9.77. The van der Waals surface area contributed by atoms with E-state index in [-0.39, 0.29) is 28.6 Å². The van der Waals surface area contributed by atoms with Crippen molar-refractivity contribution in [1.82, 2.24) is 0 Å². The summed E-state index contributed by atoms with van der Waals surface area (Å²) in [7, 11) is 0. The molecule has 1 aliphatic rings. The summed E-state index contributed by atoms with van der Waals surface area (Å²) in [6, 6.07) is 7.31. The highest BCUT2D eigenvalue weighted by atomic mass is 32.2. The van der Waals surface area contributed by atoms with Crippen LogP contribution in [0.3, 0.4) is 0 Å². The molecule has 2 atom stereocenters. The predicted octanol–water partition coefficient (Wildman–Crippen LogP) is 6.47. The van der Waals surface area contributed by atoms with Gasteiger partial charge in [0.2, 0.25) is 0 Å². The Balaban J connectivity index is 1.66. The van der Waals surface area contributed by atoms with Crippen molar-refractivity contribution < 1.29 is 24.9 Å². The van der Waals surface area contributed by atoms with Gasteiger partial charge in [0.25, 0.3) is 0 Å². The van der Waals surface area contributed by atoms with E-state index < -0.39 is 12.2 Å². The molecular formula is C28H46O5S2. The van der Waals surface area contributed by atoms with E-state index in [9.17, 15) is 20.1 Å². The fraction of sp³-hybridized carbons (Fsp3) is 0.750. The SMILES string of the molecule is CCCCCCCCCCOC(=O)C[C@H](O)C[C@H](O)CC1(CCc2ccc(O)cc2)SCCCS1. The van der Waals surface area contributed by atoms with Crippen LogP contribution >= 0.6 is 23.5 Å². The molecule has 2 rings (SSSR count). The predicted molar refractivity (Wildman–Crippen MR) is 148 cm³/mol. The van der Waals surface area contributed by atoms with Crippen LogP contribution in [0, 0.1) is 0 Å². The number of carbonyl (C=O) groups excluding carboxylic acids is 1. The van der Waals surface area contributed by atoms with Gasteiger partial charge in [-0.05, 0) is 67.7 Å². The summed E-state index contributed by atoms with van der Waals surface area (Å²) in [6.45, 7) is 2.63. The monoisotopic (exact) mass is 526 g/mol. The molecule has 7 heteroatoms. The number of phenolic OH excluding ortho intramolecular Hbond substituents is 1. The molecule has 1 heterocycles. The van der Waals surface area contributed by atoms with Gasteiger partial charge in [0.1, 0.15) is 5.75 Å². The molecule has 200 valence electrons. The van der Waals surface area contributed by atoms with Gasteiger partial charge in [-0.1, -0.05) is 64.0 Å². The fourth-order valence-electron chi connectivity index (χ4n) is 4.49. The van der Waals surface area contributed by atoms with Gasteiger partial charge in [-0.15, -0.1) is 23.5 Å². The van der Waals surface area contributed by atoms with E-state index in [2.05, 4.69) is 6.92 Å². The maximum absolute atomic E-state index is 12.1. The van der Waals surface area contributed by atoms with Gasteiger partial charge in [-0.25, -0.2) is 0 Å². The summed E-state index contributed by atoms with van der Waals surface area (Å²) in [6.07, 6.45) is 11.7. The number of aliphatic hydroxyl groups is 2. The molecule has 0 radical (unpaired) electrons. The van der Waals surface area contributed by atoms with Gasteiger partial charge in [0, 0.05) is 0 Å². The van der Waals surface area contributed by atoms with E-state index in [4.69, 9.17) is 4.74 Å². The van der Waals surface area contributed by atoms with Crippen LogP contribution in [0.2, 0.25) is 0 Å². The number of thioether (sulfide) groups is 2. The third kappa shape index (κ3) is 13.3. The molecule has 1 saturated heterocycles. The second kappa shape index (κ2) is 17.5. The second-order valence-corrected chi connectivity index (χ2v) is 13.0. The number of rotatable bonds is 18. The molecule has 0 saturated carbocycles. The van der Waals surface area contributed by atoms with E-state index in [0.717, 1.165) is 37.2 Å². The van der Waals surface area contributed by atoms with Gasteiger partial charge in [-0.2, -0.15) is 0 Å². The van der Waals surface area contributed by atoms with Crippen LogP contribution in [-0.2, 0) is 16.0 Å². The first-order valence-electron chi connectivity index (χ1n) is 13.5. The minimum Gasteiger partial charge on any atom is -0.508 e. The lowest BCUT2D eigenvalue weighted by molar-refractivity contribution is -0.146. The number of ether oxygens (including phenoxy) is 1. The highest BCUT2D eigenvalue weighted by Gasteiger charge is 2.36. The van der Waals surface area contributed by atoms with Crippen molar-refractivity contribution in [3.8, 4) is 5.75 Å². The number of hydrogen-bond acceptors (Lipinski definition) is 7. The lowest BCUT2D eigenvalue weighted by Gasteiger charge is -2.38. The lowest BCUT2D eigenvalue weighted by Crippen LogP contribution is -2.33. The van der Waals surface area contributed by atoms with E-state index >= 15 is 0 Å². The number of aromatic hydroxyl groups is 1. The average molecular weight is 527 g/mol. The maximum Gasteiger partial charge on any atom is 0.308 e. The molecule has 0 aromatic heterocycles. The van der Waals surface area contributed by atoms with Crippen molar-refractivity contribution in [1.29, 1.82) is 0 Å².